The minimum absolute atomic E-state index is 0.283. The first kappa shape index (κ1) is 15.5. The lowest BCUT2D eigenvalue weighted by Gasteiger charge is -2.09. The molecule has 0 aliphatic heterocycles. The van der Waals surface area contributed by atoms with Crippen molar-refractivity contribution < 1.29 is 8.42 Å². The molecule has 1 heterocycles. The number of benzene rings is 1. The van der Waals surface area contributed by atoms with E-state index >= 15 is 0 Å². The summed E-state index contributed by atoms with van der Waals surface area (Å²) in [5.41, 5.74) is 0.769. The molecule has 0 spiro atoms. The van der Waals surface area contributed by atoms with Crippen molar-refractivity contribution in [3.63, 3.8) is 0 Å². The van der Waals surface area contributed by atoms with Crippen molar-refractivity contribution in [2.24, 2.45) is 0 Å². The molecule has 1 aromatic heterocycles. The van der Waals surface area contributed by atoms with Crippen molar-refractivity contribution in [3.05, 3.63) is 49.0 Å². The summed E-state index contributed by atoms with van der Waals surface area (Å²) in [7, 11) is -3.22. The molecule has 2 rings (SSSR count). The van der Waals surface area contributed by atoms with E-state index in [9.17, 15) is 8.42 Å². The highest BCUT2D eigenvalue weighted by atomic mass is 79.9. The van der Waals surface area contributed by atoms with Gasteiger partial charge in [-0.2, -0.15) is 0 Å². The molecule has 2 nitrogen and oxygen atoms in total. The molecule has 0 saturated heterocycles. The van der Waals surface area contributed by atoms with Gasteiger partial charge in [0.1, 0.15) is 0 Å². The molecular formula is C12H9Br2ClO2S2. The van der Waals surface area contributed by atoms with Gasteiger partial charge >= 0.3 is 0 Å². The number of rotatable bonds is 3. The molecule has 0 fully saturated rings. The van der Waals surface area contributed by atoms with Crippen molar-refractivity contribution in [1.29, 1.82) is 0 Å². The molecule has 1 atom stereocenters. The second kappa shape index (κ2) is 5.85. The Kier molecular flexibility index (Phi) is 4.78. The van der Waals surface area contributed by atoms with Crippen molar-refractivity contribution in [1.82, 2.24) is 0 Å². The van der Waals surface area contributed by atoms with Crippen LogP contribution in [0.4, 0.5) is 0 Å². The molecular weight excluding hydrogens is 436 g/mol. The van der Waals surface area contributed by atoms with Gasteiger partial charge in [-0.05, 0) is 55.6 Å². The third-order valence-corrected chi connectivity index (χ3v) is 7.54. The molecule has 19 heavy (non-hydrogen) atoms. The minimum atomic E-state index is -3.22. The normalized spacial score (nSPS) is 13.5. The van der Waals surface area contributed by atoms with Crippen LogP contribution in [0.1, 0.15) is 15.8 Å². The zero-order chi connectivity index (χ0) is 14.2. The molecule has 0 amide bonds. The van der Waals surface area contributed by atoms with Crippen LogP contribution in [0.2, 0.25) is 0 Å². The maximum Gasteiger partial charge on any atom is 0.175 e. The van der Waals surface area contributed by atoms with Gasteiger partial charge in [-0.1, -0.05) is 12.1 Å². The van der Waals surface area contributed by atoms with Crippen LogP contribution in [0.5, 0.6) is 0 Å². The molecule has 0 radical (unpaired) electrons. The van der Waals surface area contributed by atoms with Crippen molar-refractivity contribution >= 4 is 64.6 Å². The average Bonchev–Trinajstić information content (AvgIpc) is 2.68. The smallest absolute Gasteiger partial charge is 0.175 e. The molecule has 0 N–H and O–H groups in total. The first-order valence-electron chi connectivity index (χ1n) is 5.18. The molecule has 102 valence electrons. The number of sulfone groups is 1. The zero-order valence-electron chi connectivity index (χ0n) is 9.73. The zero-order valence-corrected chi connectivity index (χ0v) is 15.3. The van der Waals surface area contributed by atoms with Gasteiger partial charge in [0.25, 0.3) is 0 Å². The van der Waals surface area contributed by atoms with E-state index < -0.39 is 9.84 Å². The Bertz CT molecular complexity index is 691. The van der Waals surface area contributed by atoms with Crippen molar-refractivity contribution in [2.75, 3.05) is 6.26 Å². The van der Waals surface area contributed by atoms with E-state index in [0.717, 1.165) is 18.7 Å². The van der Waals surface area contributed by atoms with Gasteiger partial charge < -0.3 is 0 Å². The Labute approximate surface area is 138 Å². The molecule has 1 aromatic carbocycles. The lowest BCUT2D eigenvalue weighted by molar-refractivity contribution is 0.602. The van der Waals surface area contributed by atoms with E-state index in [1.807, 2.05) is 12.1 Å². The maximum atomic E-state index is 11.5. The summed E-state index contributed by atoms with van der Waals surface area (Å²) in [4.78, 5) is 1.23. The predicted octanol–water partition coefficient (Wildman–Crippen LogP) is 5.00. The number of alkyl halides is 1. The van der Waals surface area contributed by atoms with Gasteiger partial charge in [0.15, 0.2) is 9.84 Å². The lowest BCUT2D eigenvalue weighted by Crippen LogP contribution is -1.99. The summed E-state index contributed by atoms with van der Waals surface area (Å²) in [6.07, 6.45) is 1.19. The number of hydrogen-bond acceptors (Lipinski definition) is 3. The molecule has 0 aliphatic rings. The number of thiophene rings is 1. The monoisotopic (exact) mass is 442 g/mol. The summed E-state index contributed by atoms with van der Waals surface area (Å²) < 4.78 is 25.0. The highest BCUT2D eigenvalue weighted by Crippen LogP contribution is 2.40. The number of hydrogen-bond donors (Lipinski definition) is 0. The van der Waals surface area contributed by atoms with Crippen LogP contribution in [-0.4, -0.2) is 14.7 Å². The molecule has 2 aromatic rings. The first-order chi connectivity index (χ1) is 8.79. The fraction of sp³-hybridized carbons (Fsp3) is 0.167. The van der Waals surface area contributed by atoms with E-state index in [1.54, 1.807) is 18.2 Å². The van der Waals surface area contributed by atoms with Gasteiger partial charge in [-0.15, -0.1) is 22.9 Å². The molecule has 0 bridgehead atoms. The Morgan fingerprint density at radius 3 is 2.47 bits per heavy atom. The van der Waals surface area contributed by atoms with Gasteiger partial charge in [-0.3, -0.25) is 0 Å². The molecule has 0 saturated carbocycles. The molecule has 1 unspecified atom stereocenters. The van der Waals surface area contributed by atoms with Crippen molar-refractivity contribution in [3.8, 4) is 0 Å². The van der Waals surface area contributed by atoms with Crippen LogP contribution >= 0.6 is 54.8 Å². The van der Waals surface area contributed by atoms with Crippen LogP contribution in [0, 0.1) is 0 Å². The summed E-state index contributed by atoms with van der Waals surface area (Å²) >= 11 is 14.8. The van der Waals surface area contributed by atoms with Gasteiger partial charge in [-0.25, -0.2) is 8.42 Å². The van der Waals surface area contributed by atoms with E-state index in [-0.39, 0.29) is 10.3 Å². The topological polar surface area (TPSA) is 34.1 Å². The fourth-order valence-corrected chi connectivity index (χ4v) is 4.66. The Morgan fingerprint density at radius 2 is 1.95 bits per heavy atom. The van der Waals surface area contributed by atoms with Gasteiger partial charge in [0, 0.05) is 15.6 Å². The minimum Gasteiger partial charge on any atom is -0.224 e. The maximum absolute atomic E-state index is 11.5. The van der Waals surface area contributed by atoms with E-state index in [2.05, 4.69) is 31.9 Å². The summed E-state index contributed by atoms with van der Waals surface area (Å²) in [5.74, 6) is 0. The summed E-state index contributed by atoms with van der Waals surface area (Å²) in [6, 6.07) is 8.66. The third-order valence-electron chi connectivity index (χ3n) is 2.49. The summed E-state index contributed by atoms with van der Waals surface area (Å²) in [5, 5.41) is -0.366. The van der Waals surface area contributed by atoms with Crippen LogP contribution < -0.4 is 0 Å². The largest absolute Gasteiger partial charge is 0.224 e. The molecule has 0 aliphatic carbocycles. The van der Waals surface area contributed by atoms with Gasteiger partial charge in [0.05, 0.1) is 14.1 Å². The van der Waals surface area contributed by atoms with E-state index in [0.29, 0.717) is 0 Å². The first-order valence-corrected chi connectivity index (χ1v) is 9.91. The summed E-state index contributed by atoms with van der Waals surface area (Å²) in [6.45, 7) is 0. The highest BCUT2D eigenvalue weighted by Gasteiger charge is 2.17. The third kappa shape index (κ3) is 3.61. The average molecular weight is 445 g/mol. The van der Waals surface area contributed by atoms with Crippen LogP contribution in [-0.2, 0) is 9.84 Å². The fourth-order valence-electron chi connectivity index (χ4n) is 1.56. The Hall–Kier alpha value is 0.120. The van der Waals surface area contributed by atoms with Crippen LogP contribution in [0.15, 0.2) is 43.5 Å². The van der Waals surface area contributed by atoms with Crippen LogP contribution in [0.25, 0.3) is 0 Å². The quantitative estimate of drug-likeness (QED) is 0.624. The molecule has 7 heteroatoms. The predicted molar refractivity (Wildman–Crippen MR) is 87.0 cm³/mol. The van der Waals surface area contributed by atoms with Crippen LogP contribution in [0.3, 0.4) is 0 Å². The van der Waals surface area contributed by atoms with Gasteiger partial charge in [0.2, 0.25) is 0 Å². The SMILES string of the molecule is CS(=O)(=O)c1cccc(C(Cl)c2cc(Br)c(Br)s2)c1. The standard InChI is InChI=1S/C12H9Br2ClO2S2/c1-19(16,17)8-4-2-3-7(5-8)11(15)10-6-9(13)12(14)18-10/h2-6,11H,1H3. The Morgan fingerprint density at radius 1 is 1.26 bits per heavy atom. The highest BCUT2D eigenvalue weighted by molar-refractivity contribution is 9.13. The van der Waals surface area contributed by atoms with E-state index in [4.69, 9.17) is 11.6 Å². The Balaban J connectivity index is 2.42. The second-order valence-electron chi connectivity index (χ2n) is 3.98. The number of halogens is 3. The van der Waals surface area contributed by atoms with Crippen molar-refractivity contribution in [2.45, 2.75) is 10.3 Å². The van der Waals surface area contributed by atoms with E-state index in [1.165, 1.54) is 17.6 Å². The lowest BCUT2D eigenvalue weighted by atomic mass is 10.1. The second-order valence-corrected chi connectivity index (χ2v) is 9.69.